The van der Waals surface area contributed by atoms with Crippen LogP contribution in [-0.2, 0) is 4.79 Å². The Morgan fingerprint density at radius 2 is 2.32 bits per heavy atom. The van der Waals surface area contributed by atoms with Gasteiger partial charge < -0.3 is 5.32 Å². The van der Waals surface area contributed by atoms with E-state index in [0.717, 1.165) is 4.47 Å². The minimum absolute atomic E-state index is 0.0181. The molecular formula is C13H15BrN4O. The lowest BCUT2D eigenvalue weighted by molar-refractivity contribution is -0.116. The zero-order chi connectivity index (χ0) is 13.8. The minimum Gasteiger partial charge on any atom is -0.323 e. The van der Waals surface area contributed by atoms with Crippen molar-refractivity contribution in [3.8, 4) is 5.82 Å². The zero-order valence-electron chi connectivity index (χ0n) is 10.8. The van der Waals surface area contributed by atoms with Crippen LogP contribution in [0, 0.1) is 5.92 Å². The van der Waals surface area contributed by atoms with Crippen LogP contribution in [-0.4, -0.2) is 20.7 Å². The number of anilines is 1. The predicted octanol–water partition coefficient (Wildman–Crippen LogP) is 3.01. The van der Waals surface area contributed by atoms with Crippen molar-refractivity contribution < 1.29 is 4.79 Å². The Balaban J connectivity index is 2.24. The molecule has 0 radical (unpaired) electrons. The van der Waals surface area contributed by atoms with Crippen molar-refractivity contribution in [3.05, 3.63) is 35.2 Å². The lowest BCUT2D eigenvalue weighted by Gasteiger charge is -2.10. The second kappa shape index (κ2) is 5.97. The second-order valence-corrected chi connectivity index (χ2v) is 5.54. The molecule has 5 nitrogen and oxygen atoms in total. The number of carbonyl (C=O) groups excluding carboxylic acids is 1. The second-order valence-electron chi connectivity index (χ2n) is 4.62. The van der Waals surface area contributed by atoms with Crippen molar-refractivity contribution in [1.29, 1.82) is 0 Å². The van der Waals surface area contributed by atoms with Crippen LogP contribution in [0.5, 0.6) is 0 Å². The van der Waals surface area contributed by atoms with Crippen LogP contribution < -0.4 is 5.32 Å². The predicted molar refractivity (Wildman–Crippen MR) is 77.1 cm³/mol. The molecule has 0 saturated heterocycles. The lowest BCUT2D eigenvalue weighted by atomic mass is 10.1. The van der Waals surface area contributed by atoms with Crippen LogP contribution in [0.4, 0.5) is 5.69 Å². The highest BCUT2D eigenvalue weighted by atomic mass is 79.9. The molecule has 0 spiro atoms. The van der Waals surface area contributed by atoms with Crippen LogP contribution >= 0.6 is 15.9 Å². The maximum atomic E-state index is 11.8. The van der Waals surface area contributed by atoms with Gasteiger partial charge in [0, 0.05) is 18.8 Å². The molecule has 19 heavy (non-hydrogen) atoms. The van der Waals surface area contributed by atoms with Crippen LogP contribution in [0.2, 0.25) is 0 Å². The molecule has 0 saturated carbocycles. The van der Waals surface area contributed by atoms with Gasteiger partial charge in [-0.3, -0.25) is 4.79 Å². The fraction of sp³-hybridized carbons (Fsp3) is 0.308. The largest absolute Gasteiger partial charge is 0.323 e. The van der Waals surface area contributed by atoms with Crippen molar-refractivity contribution in [2.45, 2.75) is 20.3 Å². The molecule has 2 heterocycles. The van der Waals surface area contributed by atoms with Gasteiger partial charge in [0.2, 0.25) is 5.91 Å². The molecule has 2 rings (SSSR count). The van der Waals surface area contributed by atoms with E-state index in [1.807, 2.05) is 19.9 Å². The quantitative estimate of drug-likeness (QED) is 0.941. The highest BCUT2D eigenvalue weighted by Crippen LogP contribution is 2.19. The Bertz CT molecular complexity index is 580. The SMILES string of the molecule is CC(C)CC(=O)Nc1cccnc1-n1cc(Br)cn1. The van der Waals surface area contributed by atoms with E-state index in [9.17, 15) is 4.79 Å². The lowest BCUT2D eigenvalue weighted by Crippen LogP contribution is -2.16. The summed E-state index contributed by atoms with van der Waals surface area (Å²) in [4.78, 5) is 16.1. The maximum Gasteiger partial charge on any atom is 0.224 e. The molecule has 1 amide bonds. The first kappa shape index (κ1) is 13.7. The molecule has 0 unspecified atom stereocenters. The highest BCUT2D eigenvalue weighted by molar-refractivity contribution is 9.10. The molecular weight excluding hydrogens is 308 g/mol. The number of amides is 1. The van der Waals surface area contributed by atoms with Crippen molar-refractivity contribution in [1.82, 2.24) is 14.8 Å². The molecule has 2 aromatic heterocycles. The van der Waals surface area contributed by atoms with E-state index in [4.69, 9.17) is 0 Å². The van der Waals surface area contributed by atoms with Crippen molar-refractivity contribution in [2.24, 2.45) is 5.92 Å². The van der Waals surface area contributed by atoms with Gasteiger partial charge in [-0.15, -0.1) is 0 Å². The molecule has 0 fully saturated rings. The topological polar surface area (TPSA) is 59.8 Å². The number of rotatable bonds is 4. The molecule has 100 valence electrons. The number of nitrogens with one attached hydrogen (secondary N) is 1. The standard InChI is InChI=1S/C13H15BrN4O/c1-9(2)6-12(19)17-11-4-3-5-15-13(11)18-8-10(14)7-16-18/h3-5,7-9H,6H2,1-2H3,(H,17,19). The Kier molecular flexibility index (Phi) is 4.31. The normalized spacial score (nSPS) is 10.7. The summed E-state index contributed by atoms with van der Waals surface area (Å²) in [7, 11) is 0. The van der Waals surface area contributed by atoms with Crippen LogP contribution in [0.3, 0.4) is 0 Å². The fourth-order valence-electron chi connectivity index (χ4n) is 1.67. The van der Waals surface area contributed by atoms with E-state index in [2.05, 4.69) is 31.3 Å². The Hall–Kier alpha value is -1.69. The van der Waals surface area contributed by atoms with Gasteiger partial charge in [0.15, 0.2) is 5.82 Å². The van der Waals surface area contributed by atoms with Gasteiger partial charge in [-0.05, 0) is 34.0 Å². The molecule has 0 aromatic carbocycles. The number of hydrogen-bond acceptors (Lipinski definition) is 3. The molecule has 2 aromatic rings. The van der Waals surface area contributed by atoms with Gasteiger partial charge in [-0.25, -0.2) is 9.67 Å². The van der Waals surface area contributed by atoms with E-state index in [0.29, 0.717) is 23.8 Å². The minimum atomic E-state index is -0.0181. The maximum absolute atomic E-state index is 11.8. The Morgan fingerprint density at radius 3 is 2.95 bits per heavy atom. The van der Waals surface area contributed by atoms with E-state index >= 15 is 0 Å². The average molecular weight is 323 g/mol. The van der Waals surface area contributed by atoms with Gasteiger partial charge in [-0.1, -0.05) is 13.8 Å². The first-order chi connectivity index (χ1) is 9.06. The number of hydrogen-bond donors (Lipinski definition) is 1. The number of carbonyl (C=O) groups is 1. The fourth-order valence-corrected chi connectivity index (χ4v) is 1.95. The molecule has 0 atom stereocenters. The van der Waals surface area contributed by atoms with Crippen LogP contribution in [0.25, 0.3) is 5.82 Å². The average Bonchev–Trinajstić information content (AvgIpc) is 2.75. The van der Waals surface area contributed by atoms with E-state index < -0.39 is 0 Å². The van der Waals surface area contributed by atoms with Gasteiger partial charge in [-0.2, -0.15) is 5.10 Å². The van der Waals surface area contributed by atoms with Gasteiger partial charge in [0.25, 0.3) is 0 Å². The first-order valence-electron chi connectivity index (χ1n) is 6.01. The summed E-state index contributed by atoms with van der Waals surface area (Å²) in [6, 6.07) is 3.60. The smallest absolute Gasteiger partial charge is 0.224 e. The Labute approximate surface area is 120 Å². The zero-order valence-corrected chi connectivity index (χ0v) is 12.4. The van der Waals surface area contributed by atoms with Gasteiger partial charge >= 0.3 is 0 Å². The molecule has 0 aliphatic rings. The summed E-state index contributed by atoms with van der Waals surface area (Å²) >= 11 is 3.34. The van der Waals surface area contributed by atoms with Crippen molar-refractivity contribution in [2.75, 3.05) is 5.32 Å². The number of nitrogens with zero attached hydrogens (tertiary/aromatic N) is 3. The number of halogens is 1. The third-order valence-electron chi connectivity index (χ3n) is 2.42. The molecule has 1 N–H and O–H groups in total. The molecule has 6 heteroatoms. The number of pyridine rings is 1. The third-order valence-corrected chi connectivity index (χ3v) is 2.83. The summed E-state index contributed by atoms with van der Waals surface area (Å²) in [6.07, 6.45) is 5.62. The first-order valence-corrected chi connectivity index (χ1v) is 6.81. The van der Waals surface area contributed by atoms with Crippen LogP contribution in [0.15, 0.2) is 35.2 Å². The summed E-state index contributed by atoms with van der Waals surface area (Å²) in [5.41, 5.74) is 0.656. The monoisotopic (exact) mass is 322 g/mol. The van der Waals surface area contributed by atoms with E-state index in [1.54, 1.807) is 29.3 Å². The summed E-state index contributed by atoms with van der Waals surface area (Å²) in [5, 5.41) is 7.04. The van der Waals surface area contributed by atoms with Crippen LogP contribution in [0.1, 0.15) is 20.3 Å². The van der Waals surface area contributed by atoms with Gasteiger partial charge in [0.05, 0.1) is 16.4 Å². The number of aromatic nitrogens is 3. The van der Waals surface area contributed by atoms with Crippen molar-refractivity contribution >= 4 is 27.5 Å². The van der Waals surface area contributed by atoms with Gasteiger partial charge in [0.1, 0.15) is 0 Å². The van der Waals surface area contributed by atoms with Crippen molar-refractivity contribution in [3.63, 3.8) is 0 Å². The van der Waals surface area contributed by atoms with E-state index in [-0.39, 0.29) is 5.91 Å². The third kappa shape index (κ3) is 3.64. The summed E-state index contributed by atoms with van der Waals surface area (Å²) in [6.45, 7) is 4.02. The Morgan fingerprint density at radius 1 is 1.53 bits per heavy atom. The molecule has 0 bridgehead atoms. The highest BCUT2D eigenvalue weighted by Gasteiger charge is 2.11. The van der Waals surface area contributed by atoms with E-state index in [1.165, 1.54) is 0 Å². The molecule has 0 aliphatic carbocycles. The molecule has 0 aliphatic heterocycles. The summed E-state index contributed by atoms with van der Waals surface area (Å²) in [5.74, 6) is 0.903. The summed E-state index contributed by atoms with van der Waals surface area (Å²) < 4.78 is 2.48.